The van der Waals surface area contributed by atoms with Gasteiger partial charge in [0.15, 0.2) is 5.96 Å². The number of guanidine groups is 1. The zero-order valence-corrected chi connectivity index (χ0v) is 16.6. The smallest absolute Gasteiger partial charge is 0.305 e. The summed E-state index contributed by atoms with van der Waals surface area (Å²) in [4.78, 5) is 17.8. The number of nitrogens with one attached hydrogen (secondary N) is 2. The lowest BCUT2D eigenvalue weighted by molar-refractivity contribution is -0.140. The van der Waals surface area contributed by atoms with Crippen LogP contribution in [0.2, 0.25) is 0 Å². The van der Waals surface area contributed by atoms with Crippen molar-refractivity contribution in [3.63, 3.8) is 0 Å². The number of morpholine rings is 1. The van der Waals surface area contributed by atoms with Crippen LogP contribution in [0.15, 0.2) is 4.99 Å². The second kappa shape index (κ2) is 12.9. The first kappa shape index (κ1) is 22.7. The van der Waals surface area contributed by atoms with Crippen LogP contribution in [0.25, 0.3) is 0 Å². The SMILES string of the molecule is CCNC(=NCC(C)(O)CN1CCOCC1)NCCCCCC(=O)OC. The summed E-state index contributed by atoms with van der Waals surface area (Å²) in [7, 11) is 1.41. The Balaban J connectivity index is 2.30. The van der Waals surface area contributed by atoms with Gasteiger partial charge in [-0.2, -0.15) is 0 Å². The molecule has 26 heavy (non-hydrogen) atoms. The third-order valence-corrected chi connectivity index (χ3v) is 4.17. The zero-order valence-electron chi connectivity index (χ0n) is 16.6. The number of carbonyl (C=O) groups excluding carboxylic acids is 1. The largest absolute Gasteiger partial charge is 0.469 e. The Labute approximate surface area is 157 Å². The van der Waals surface area contributed by atoms with Gasteiger partial charge in [0, 0.05) is 39.1 Å². The van der Waals surface area contributed by atoms with E-state index >= 15 is 0 Å². The van der Waals surface area contributed by atoms with E-state index in [4.69, 9.17) is 4.74 Å². The molecule has 1 rings (SSSR count). The molecule has 1 unspecified atom stereocenters. The van der Waals surface area contributed by atoms with Crippen molar-refractivity contribution >= 4 is 11.9 Å². The van der Waals surface area contributed by atoms with Gasteiger partial charge >= 0.3 is 5.97 Å². The molecule has 3 N–H and O–H groups in total. The van der Waals surface area contributed by atoms with Crippen LogP contribution in [0.1, 0.15) is 39.5 Å². The molecule has 1 atom stereocenters. The highest BCUT2D eigenvalue weighted by molar-refractivity contribution is 5.79. The van der Waals surface area contributed by atoms with Gasteiger partial charge in [-0.3, -0.25) is 14.7 Å². The van der Waals surface area contributed by atoms with E-state index in [1.54, 1.807) is 0 Å². The lowest BCUT2D eigenvalue weighted by Crippen LogP contribution is -2.48. The van der Waals surface area contributed by atoms with Crippen LogP contribution in [0.4, 0.5) is 0 Å². The second-order valence-corrected chi connectivity index (χ2v) is 6.89. The topological polar surface area (TPSA) is 95.4 Å². The van der Waals surface area contributed by atoms with Gasteiger partial charge in [-0.25, -0.2) is 0 Å². The summed E-state index contributed by atoms with van der Waals surface area (Å²) in [5.41, 5.74) is -0.875. The van der Waals surface area contributed by atoms with E-state index in [0.29, 0.717) is 25.5 Å². The monoisotopic (exact) mass is 372 g/mol. The fraction of sp³-hybridized carbons (Fsp3) is 0.889. The number of methoxy groups -OCH3 is 1. The van der Waals surface area contributed by atoms with Gasteiger partial charge in [-0.1, -0.05) is 6.42 Å². The molecule has 0 aromatic rings. The summed E-state index contributed by atoms with van der Waals surface area (Å²) in [5.74, 6) is 0.554. The molecule has 1 fully saturated rings. The van der Waals surface area contributed by atoms with E-state index in [1.807, 2.05) is 13.8 Å². The van der Waals surface area contributed by atoms with Gasteiger partial charge in [-0.15, -0.1) is 0 Å². The number of aliphatic imine (C=N–C) groups is 1. The standard InChI is InChI=1S/C18H36N4O4/c1-4-19-17(20-9-7-5-6-8-16(23)25-3)21-14-18(2,24)15-22-10-12-26-13-11-22/h24H,4-15H2,1-3H3,(H2,19,20,21). The third kappa shape index (κ3) is 10.6. The first-order chi connectivity index (χ1) is 12.5. The molecular weight excluding hydrogens is 336 g/mol. The minimum Gasteiger partial charge on any atom is -0.469 e. The van der Waals surface area contributed by atoms with E-state index in [9.17, 15) is 9.90 Å². The molecule has 8 heteroatoms. The van der Waals surface area contributed by atoms with E-state index < -0.39 is 5.60 Å². The lowest BCUT2D eigenvalue weighted by atomic mass is 10.1. The van der Waals surface area contributed by atoms with Crippen LogP contribution in [-0.2, 0) is 14.3 Å². The summed E-state index contributed by atoms with van der Waals surface area (Å²) in [6.45, 7) is 9.45. The number of hydrogen-bond donors (Lipinski definition) is 3. The maximum Gasteiger partial charge on any atom is 0.305 e. The predicted octanol–water partition coefficient (Wildman–Crippen LogP) is 0.358. The molecule has 1 aliphatic heterocycles. The lowest BCUT2D eigenvalue weighted by Gasteiger charge is -2.33. The fourth-order valence-electron chi connectivity index (χ4n) is 2.76. The highest BCUT2D eigenvalue weighted by atomic mass is 16.5. The number of carbonyl (C=O) groups is 1. The molecule has 0 radical (unpaired) electrons. The van der Waals surface area contributed by atoms with Crippen LogP contribution in [0, 0.1) is 0 Å². The van der Waals surface area contributed by atoms with E-state index in [0.717, 1.165) is 58.7 Å². The Morgan fingerprint density at radius 1 is 1.27 bits per heavy atom. The van der Waals surface area contributed by atoms with Crippen LogP contribution < -0.4 is 10.6 Å². The van der Waals surface area contributed by atoms with Gasteiger partial charge in [-0.05, 0) is 26.7 Å². The maximum absolute atomic E-state index is 11.1. The first-order valence-corrected chi connectivity index (χ1v) is 9.58. The summed E-state index contributed by atoms with van der Waals surface area (Å²) < 4.78 is 9.97. The van der Waals surface area contributed by atoms with Crippen molar-refractivity contribution in [2.24, 2.45) is 4.99 Å². The number of aliphatic hydroxyl groups is 1. The van der Waals surface area contributed by atoms with Crippen LogP contribution >= 0.6 is 0 Å². The average molecular weight is 373 g/mol. The molecule has 0 spiro atoms. The molecule has 1 saturated heterocycles. The molecular formula is C18H36N4O4. The molecule has 0 aromatic heterocycles. The zero-order chi connectivity index (χ0) is 19.3. The quantitative estimate of drug-likeness (QED) is 0.209. The van der Waals surface area contributed by atoms with Gasteiger partial charge in [0.2, 0.25) is 0 Å². The van der Waals surface area contributed by atoms with Gasteiger partial charge in [0.25, 0.3) is 0 Å². The van der Waals surface area contributed by atoms with Crippen molar-refractivity contribution in [1.29, 1.82) is 0 Å². The third-order valence-electron chi connectivity index (χ3n) is 4.17. The van der Waals surface area contributed by atoms with Gasteiger partial charge in [0.1, 0.15) is 0 Å². The van der Waals surface area contributed by atoms with Crippen molar-refractivity contribution in [2.75, 3.05) is 59.6 Å². The molecule has 0 aliphatic carbocycles. The summed E-state index contributed by atoms with van der Waals surface area (Å²) in [6.07, 6.45) is 3.20. The minimum atomic E-state index is -0.875. The van der Waals surface area contributed by atoms with Crippen LogP contribution in [-0.4, -0.2) is 87.1 Å². The Bertz CT molecular complexity index is 423. The van der Waals surface area contributed by atoms with E-state index in [2.05, 4.69) is 25.3 Å². The molecule has 8 nitrogen and oxygen atoms in total. The Morgan fingerprint density at radius 2 is 2.00 bits per heavy atom. The summed E-state index contributed by atoms with van der Waals surface area (Å²) in [5, 5.41) is 17.1. The summed E-state index contributed by atoms with van der Waals surface area (Å²) in [6, 6.07) is 0. The van der Waals surface area contributed by atoms with Gasteiger partial charge < -0.3 is 25.2 Å². The van der Waals surface area contributed by atoms with Crippen molar-refractivity contribution in [2.45, 2.75) is 45.1 Å². The molecule has 1 heterocycles. The molecule has 0 saturated carbocycles. The normalized spacial score (nSPS) is 18.2. The van der Waals surface area contributed by atoms with Crippen molar-refractivity contribution in [3.8, 4) is 0 Å². The van der Waals surface area contributed by atoms with Crippen molar-refractivity contribution < 1.29 is 19.4 Å². The molecule has 0 amide bonds. The van der Waals surface area contributed by atoms with Crippen LogP contribution in [0.3, 0.4) is 0 Å². The first-order valence-electron chi connectivity index (χ1n) is 9.58. The number of nitrogens with zero attached hydrogens (tertiary/aromatic N) is 2. The number of ether oxygens (including phenoxy) is 2. The predicted molar refractivity (Wildman–Crippen MR) is 102 cm³/mol. The molecule has 0 aromatic carbocycles. The average Bonchev–Trinajstić information content (AvgIpc) is 2.62. The maximum atomic E-state index is 11.1. The molecule has 152 valence electrons. The van der Waals surface area contributed by atoms with Crippen molar-refractivity contribution in [3.05, 3.63) is 0 Å². The Morgan fingerprint density at radius 3 is 2.65 bits per heavy atom. The number of esters is 1. The number of β-amino-alcohol motifs (C(OH)–C–C–N with tert-alkyl or cyclic N) is 1. The molecule has 1 aliphatic rings. The van der Waals surface area contributed by atoms with Crippen molar-refractivity contribution in [1.82, 2.24) is 15.5 Å². The van der Waals surface area contributed by atoms with E-state index in [1.165, 1.54) is 7.11 Å². The van der Waals surface area contributed by atoms with E-state index in [-0.39, 0.29) is 5.97 Å². The summed E-state index contributed by atoms with van der Waals surface area (Å²) >= 11 is 0. The number of hydrogen-bond acceptors (Lipinski definition) is 6. The number of rotatable bonds is 11. The molecule has 0 bridgehead atoms. The highest BCUT2D eigenvalue weighted by Gasteiger charge is 2.25. The van der Waals surface area contributed by atoms with Crippen LogP contribution in [0.5, 0.6) is 0 Å². The number of unbranched alkanes of at least 4 members (excludes halogenated alkanes) is 2. The Hall–Kier alpha value is -1.38. The highest BCUT2D eigenvalue weighted by Crippen LogP contribution is 2.09. The minimum absolute atomic E-state index is 0.157. The Kier molecular flexibility index (Phi) is 11.2. The second-order valence-electron chi connectivity index (χ2n) is 6.89. The van der Waals surface area contributed by atoms with Gasteiger partial charge in [0.05, 0.1) is 32.5 Å². The fourth-order valence-corrected chi connectivity index (χ4v) is 2.76.